The van der Waals surface area contributed by atoms with Gasteiger partial charge in [-0.15, -0.1) is 0 Å². The van der Waals surface area contributed by atoms with Gasteiger partial charge in [0.2, 0.25) is 0 Å². The predicted octanol–water partition coefficient (Wildman–Crippen LogP) is 3.30. The predicted molar refractivity (Wildman–Crippen MR) is 86.3 cm³/mol. The van der Waals surface area contributed by atoms with Crippen molar-refractivity contribution in [3.8, 4) is 5.75 Å². The summed E-state index contributed by atoms with van der Waals surface area (Å²) in [6.07, 6.45) is 2.47. The molecule has 1 atom stereocenters. The van der Waals surface area contributed by atoms with Crippen LogP contribution in [0.15, 0.2) is 24.3 Å². The molecule has 1 aromatic carbocycles. The molecule has 20 heavy (non-hydrogen) atoms. The number of rotatable bonds is 10. The van der Waals surface area contributed by atoms with Gasteiger partial charge in [0.05, 0.1) is 7.11 Å². The van der Waals surface area contributed by atoms with Crippen molar-refractivity contribution in [2.75, 3.05) is 26.7 Å². The minimum absolute atomic E-state index is 0.537. The second-order valence-electron chi connectivity index (χ2n) is 5.26. The molecule has 0 aromatic heterocycles. The molecule has 1 aromatic rings. The average Bonchev–Trinajstić information content (AvgIpc) is 2.49. The Hall–Kier alpha value is -1.06. The van der Waals surface area contributed by atoms with Crippen molar-refractivity contribution in [1.29, 1.82) is 0 Å². The third kappa shape index (κ3) is 5.93. The fourth-order valence-electron chi connectivity index (χ4n) is 2.40. The van der Waals surface area contributed by atoms with Gasteiger partial charge in [-0.05, 0) is 45.5 Å². The monoisotopic (exact) mass is 278 g/mol. The quantitative estimate of drug-likeness (QED) is 0.711. The number of para-hydroxylation sites is 1. The van der Waals surface area contributed by atoms with Crippen LogP contribution in [0.4, 0.5) is 0 Å². The first kappa shape index (κ1) is 17.0. The van der Waals surface area contributed by atoms with E-state index in [1.165, 1.54) is 24.9 Å². The van der Waals surface area contributed by atoms with Gasteiger partial charge < -0.3 is 15.0 Å². The maximum atomic E-state index is 5.37. The molecule has 0 bridgehead atoms. The molecule has 0 aliphatic rings. The number of benzene rings is 1. The lowest BCUT2D eigenvalue weighted by molar-refractivity contribution is 0.290. The molecule has 0 aliphatic carbocycles. The van der Waals surface area contributed by atoms with Crippen molar-refractivity contribution in [2.24, 2.45) is 0 Å². The summed E-state index contributed by atoms with van der Waals surface area (Å²) in [7, 11) is 1.73. The molecule has 3 nitrogen and oxygen atoms in total. The van der Waals surface area contributed by atoms with Crippen LogP contribution in [0.25, 0.3) is 0 Å². The first-order valence-electron chi connectivity index (χ1n) is 7.78. The van der Waals surface area contributed by atoms with Crippen molar-refractivity contribution in [3.63, 3.8) is 0 Å². The molecule has 114 valence electrons. The van der Waals surface area contributed by atoms with Gasteiger partial charge in [-0.25, -0.2) is 0 Å². The van der Waals surface area contributed by atoms with Gasteiger partial charge in [-0.1, -0.05) is 32.0 Å². The Morgan fingerprint density at radius 2 is 1.90 bits per heavy atom. The van der Waals surface area contributed by atoms with Crippen LogP contribution in [0.3, 0.4) is 0 Å². The summed E-state index contributed by atoms with van der Waals surface area (Å²) >= 11 is 0. The summed E-state index contributed by atoms with van der Waals surface area (Å²) in [5.41, 5.74) is 1.23. The molecule has 0 spiro atoms. The highest BCUT2D eigenvalue weighted by Crippen LogP contribution is 2.17. The Balaban J connectivity index is 2.27. The van der Waals surface area contributed by atoms with Crippen molar-refractivity contribution in [3.05, 3.63) is 29.8 Å². The maximum absolute atomic E-state index is 5.37. The van der Waals surface area contributed by atoms with E-state index in [4.69, 9.17) is 4.74 Å². The maximum Gasteiger partial charge on any atom is 0.123 e. The number of nitrogens with one attached hydrogen (secondary N) is 1. The summed E-state index contributed by atoms with van der Waals surface area (Å²) in [6, 6.07) is 8.74. The van der Waals surface area contributed by atoms with Crippen LogP contribution in [-0.2, 0) is 6.54 Å². The number of ether oxygens (including phenoxy) is 1. The van der Waals surface area contributed by atoms with Gasteiger partial charge in [0.1, 0.15) is 5.75 Å². The third-order valence-corrected chi connectivity index (χ3v) is 3.84. The molecule has 0 heterocycles. The molecule has 0 saturated heterocycles. The van der Waals surface area contributed by atoms with Crippen LogP contribution < -0.4 is 10.1 Å². The van der Waals surface area contributed by atoms with E-state index in [0.717, 1.165) is 25.4 Å². The fraction of sp³-hybridized carbons (Fsp3) is 0.647. The molecule has 0 amide bonds. The van der Waals surface area contributed by atoms with E-state index in [1.54, 1.807) is 7.11 Å². The van der Waals surface area contributed by atoms with E-state index in [-0.39, 0.29) is 0 Å². The fourth-order valence-corrected chi connectivity index (χ4v) is 2.40. The van der Waals surface area contributed by atoms with Gasteiger partial charge in [0.25, 0.3) is 0 Å². The molecule has 0 radical (unpaired) electrons. The molecular formula is C17H30N2O. The number of hydrogen-bond donors (Lipinski definition) is 1. The molecule has 0 aliphatic heterocycles. The van der Waals surface area contributed by atoms with Crippen LogP contribution in [0.5, 0.6) is 5.75 Å². The SMILES string of the molecule is CCN(CC)CCC[C@@H](C)NCc1ccccc1OC. The number of hydrogen-bond acceptors (Lipinski definition) is 3. The van der Waals surface area contributed by atoms with E-state index < -0.39 is 0 Å². The van der Waals surface area contributed by atoms with E-state index >= 15 is 0 Å². The Kier molecular flexibility index (Phi) is 8.31. The Morgan fingerprint density at radius 3 is 2.55 bits per heavy atom. The van der Waals surface area contributed by atoms with Crippen LogP contribution in [-0.4, -0.2) is 37.7 Å². The smallest absolute Gasteiger partial charge is 0.123 e. The summed E-state index contributed by atoms with van der Waals surface area (Å²) in [5, 5.41) is 3.58. The van der Waals surface area contributed by atoms with E-state index in [0.29, 0.717) is 6.04 Å². The van der Waals surface area contributed by atoms with Gasteiger partial charge in [0.15, 0.2) is 0 Å². The molecule has 1 N–H and O–H groups in total. The zero-order chi connectivity index (χ0) is 14.8. The lowest BCUT2D eigenvalue weighted by atomic mass is 10.1. The van der Waals surface area contributed by atoms with E-state index in [1.807, 2.05) is 12.1 Å². The summed E-state index contributed by atoms with van der Waals surface area (Å²) in [5.74, 6) is 0.968. The van der Waals surface area contributed by atoms with Crippen LogP contribution in [0, 0.1) is 0 Å². The highest BCUT2D eigenvalue weighted by molar-refractivity contribution is 5.32. The molecule has 0 unspecified atom stereocenters. The van der Waals surface area contributed by atoms with E-state index in [9.17, 15) is 0 Å². The molecule has 0 fully saturated rings. The molecule has 0 saturated carbocycles. The van der Waals surface area contributed by atoms with Crippen molar-refractivity contribution in [2.45, 2.75) is 46.2 Å². The van der Waals surface area contributed by atoms with Gasteiger partial charge in [-0.3, -0.25) is 0 Å². The number of methoxy groups -OCH3 is 1. The normalized spacial score (nSPS) is 12.7. The minimum Gasteiger partial charge on any atom is -0.496 e. The second kappa shape index (κ2) is 9.78. The summed E-state index contributed by atoms with van der Waals surface area (Å²) in [6.45, 7) is 11.1. The average molecular weight is 278 g/mol. The first-order valence-corrected chi connectivity index (χ1v) is 7.78. The molecule has 3 heteroatoms. The highest BCUT2D eigenvalue weighted by atomic mass is 16.5. The Morgan fingerprint density at radius 1 is 1.20 bits per heavy atom. The van der Waals surface area contributed by atoms with Crippen LogP contribution in [0.1, 0.15) is 39.2 Å². The lowest BCUT2D eigenvalue weighted by Gasteiger charge is -2.20. The van der Waals surface area contributed by atoms with Crippen molar-refractivity contribution >= 4 is 0 Å². The summed E-state index contributed by atoms with van der Waals surface area (Å²) < 4.78 is 5.37. The van der Waals surface area contributed by atoms with Gasteiger partial charge in [-0.2, -0.15) is 0 Å². The Bertz CT molecular complexity index is 364. The van der Waals surface area contributed by atoms with Crippen molar-refractivity contribution in [1.82, 2.24) is 10.2 Å². The minimum atomic E-state index is 0.537. The summed E-state index contributed by atoms with van der Waals surface area (Å²) in [4.78, 5) is 2.48. The largest absolute Gasteiger partial charge is 0.496 e. The van der Waals surface area contributed by atoms with Gasteiger partial charge >= 0.3 is 0 Å². The third-order valence-electron chi connectivity index (χ3n) is 3.84. The zero-order valence-electron chi connectivity index (χ0n) is 13.5. The topological polar surface area (TPSA) is 24.5 Å². The van der Waals surface area contributed by atoms with Crippen LogP contribution in [0.2, 0.25) is 0 Å². The second-order valence-corrected chi connectivity index (χ2v) is 5.26. The van der Waals surface area contributed by atoms with Crippen LogP contribution >= 0.6 is 0 Å². The first-order chi connectivity index (χ1) is 9.71. The molecular weight excluding hydrogens is 248 g/mol. The number of nitrogens with zero attached hydrogens (tertiary/aromatic N) is 1. The van der Waals surface area contributed by atoms with Crippen molar-refractivity contribution < 1.29 is 4.74 Å². The Labute approximate surface area is 124 Å². The van der Waals surface area contributed by atoms with E-state index in [2.05, 4.69) is 43.1 Å². The van der Waals surface area contributed by atoms with Gasteiger partial charge in [0, 0.05) is 18.2 Å². The zero-order valence-corrected chi connectivity index (χ0v) is 13.5. The lowest BCUT2D eigenvalue weighted by Crippen LogP contribution is -2.28. The standard InChI is InChI=1S/C17H30N2O/c1-5-19(6-2)13-9-10-15(3)18-14-16-11-7-8-12-17(16)20-4/h7-8,11-12,15,18H,5-6,9-10,13-14H2,1-4H3/t15-/m1/s1. The highest BCUT2D eigenvalue weighted by Gasteiger charge is 2.06. The molecule has 1 rings (SSSR count).